The zero-order valence-corrected chi connectivity index (χ0v) is 18.6. The number of methoxy groups -OCH3 is 1. The van der Waals surface area contributed by atoms with Crippen LogP contribution in [0.3, 0.4) is 0 Å². The van der Waals surface area contributed by atoms with Gasteiger partial charge in [-0.15, -0.1) is 0 Å². The summed E-state index contributed by atoms with van der Waals surface area (Å²) in [4.78, 5) is 2.76. The quantitative estimate of drug-likeness (QED) is 0.547. The van der Waals surface area contributed by atoms with Crippen LogP contribution < -0.4 is 9.64 Å². The van der Waals surface area contributed by atoms with E-state index in [4.69, 9.17) is 16.3 Å². The van der Waals surface area contributed by atoms with E-state index in [1.54, 1.807) is 12.7 Å². The average molecular weight is 410 g/mol. The Hall–Kier alpha value is -1.67. The maximum atomic E-state index is 6.24. The number of nitrogens with zero attached hydrogens (tertiary/aromatic N) is 1. The minimum Gasteiger partial charge on any atom is -0.497 e. The zero-order chi connectivity index (χ0) is 20.2. The lowest BCUT2D eigenvalue weighted by atomic mass is 9.46. The average Bonchev–Trinajstić information content (AvgIpc) is 2.74. The second kappa shape index (κ2) is 6.94. The van der Waals surface area contributed by atoms with Gasteiger partial charge >= 0.3 is 0 Å². The van der Waals surface area contributed by atoms with Gasteiger partial charge in [0.1, 0.15) is 5.75 Å². The van der Waals surface area contributed by atoms with Gasteiger partial charge in [0.2, 0.25) is 0 Å². The normalized spacial score (nSPS) is 32.6. The molecule has 4 aliphatic rings. The Morgan fingerprint density at radius 1 is 1.14 bits per heavy atom. The summed E-state index contributed by atoms with van der Waals surface area (Å²) in [5.41, 5.74) is 4.86. The first kappa shape index (κ1) is 19.3. The van der Waals surface area contributed by atoms with Crippen LogP contribution in [0.25, 0.3) is 0 Å². The van der Waals surface area contributed by atoms with E-state index in [2.05, 4.69) is 61.2 Å². The fraction of sp³-hybridized carbons (Fsp3) is 0.538. The maximum absolute atomic E-state index is 6.24. The molecular weight excluding hydrogens is 378 g/mol. The molecule has 3 heteroatoms. The van der Waals surface area contributed by atoms with Gasteiger partial charge < -0.3 is 9.64 Å². The molecule has 1 spiro atoms. The Labute approximate surface area is 180 Å². The summed E-state index contributed by atoms with van der Waals surface area (Å²) >= 11 is 6.24. The number of piperidine rings is 2. The van der Waals surface area contributed by atoms with Crippen LogP contribution in [0.15, 0.2) is 42.5 Å². The van der Waals surface area contributed by atoms with Crippen molar-refractivity contribution in [3.05, 3.63) is 58.6 Å². The van der Waals surface area contributed by atoms with Crippen LogP contribution >= 0.6 is 11.6 Å². The van der Waals surface area contributed by atoms with E-state index >= 15 is 0 Å². The molecule has 2 heterocycles. The molecule has 0 radical (unpaired) electrons. The van der Waals surface area contributed by atoms with E-state index in [1.807, 2.05) is 0 Å². The van der Waals surface area contributed by atoms with Crippen molar-refractivity contribution in [2.24, 2.45) is 17.3 Å². The number of hydrogen-bond donors (Lipinski definition) is 0. The molecule has 2 saturated heterocycles. The molecule has 1 saturated carbocycles. The second-order valence-electron chi connectivity index (χ2n) is 9.70. The molecule has 6 rings (SSSR count). The smallest absolute Gasteiger partial charge is 0.119 e. The molecule has 2 nitrogen and oxygen atoms in total. The highest BCUT2D eigenvalue weighted by Gasteiger charge is 2.63. The zero-order valence-electron chi connectivity index (χ0n) is 17.9. The largest absolute Gasteiger partial charge is 0.497 e. The first-order chi connectivity index (χ1) is 14.0. The van der Waals surface area contributed by atoms with Gasteiger partial charge in [-0.05, 0) is 96.9 Å². The van der Waals surface area contributed by atoms with Crippen molar-refractivity contribution in [2.45, 2.75) is 57.9 Å². The molecule has 2 aromatic carbocycles. The van der Waals surface area contributed by atoms with E-state index in [-0.39, 0.29) is 5.54 Å². The summed E-state index contributed by atoms with van der Waals surface area (Å²) in [6.07, 6.45) is 7.65. The molecule has 3 fully saturated rings. The summed E-state index contributed by atoms with van der Waals surface area (Å²) in [5, 5.41) is 0.814. The second-order valence-corrected chi connectivity index (χ2v) is 10.1. The van der Waals surface area contributed by atoms with Crippen molar-refractivity contribution < 1.29 is 4.74 Å². The number of aryl methyl sites for hydroxylation is 1. The highest BCUT2D eigenvalue weighted by Crippen LogP contribution is 2.65. The van der Waals surface area contributed by atoms with Gasteiger partial charge in [0.15, 0.2) is 0 Å². The maximum Gasteiger partial charge on any atom is 0.119 e. The van der Waals surface area contributed by atoms with Gasteiger partial charge in [-0.2, -0.15) is 0 Å². The molecule has 0 unspecified atom stereocenters. The number of anilines is 1. The van der Waals surface area contributed by atoms with Crippen molar-refractivity contribution in [1.82, 2.24) is 0 Å². The van der Waals surface area contributed by atoms with Gasteiger partial charge in [0, 0.05) is 17.3 Å². The van der Waals surface area contributed by atoms with Crippen LogP contribution in [0.4, 0.5) is 5.69 Å². The van der Waals surface area contributed by atoms with Crippen molar-refractivity contribution in [3.8, 4) is 5.75 Å². The van der Waals surface area contributed by atoms with Gasteiger partial charge in [-0.1, -0.05) is 37.9 Å². The molecule has 2 aliphatic carbocycles. The fourth-order valence-electron chi connectivity index (χ4n) is 7.06. The van der Waals surface area contributed by atoms with E-state index in [0.717, 1.165) is 23.2 Å². The number of benzene rings is 2. The lowest BCUT2D eigenvalue weighted by molar-refractivity contribution is -0.0641. The summed E-state index contributed by atoms with van der Waals surface area (Å²) in [6.45, 7) is 6.06. The van der Waals surface area contributed by atoms with Crippen molar-refractivity contribution in [2.75, 3.05) is 18.6 Å². The highest BCUT2D eigenvalue weighted by atomic mass is 35.5. The summed E-state index contributed by atoms with van der Waals surface area (Å²) in [7, 11) is 1.77. The molecule has 154 valence electrons. The first-order valence-corrected chi connectivity index (χ1v) is 11.6. The van der Waals surface area contributed by atoms with Crippen LogP contribution in [-0.4, -0.2) is 13.7 Å². The van der Waals surface area contributed by atoms with Crippen molar-refractivity contribution in [3.63, 3.8) is 0 Å². The summed E-state index contributed by atoms with van der Waals surface area (Å²) in [5.74, 6) is 2.50. The van der Waals surface area contributed by atoms with Crippen LogP contribution in [-0.2, 0) is 12.0 Å². The fourth-order valence-corrected chi connectivity index (χ4v) is 7.19. The molecule has 0 aromatic heterocycles. The number of halogens is 1. The molecule has 4 atom stereocenters. The van der Waals surface area contributed by atoms with Gasteiger partial charge in [0.25, 0.3) is 0 Å². The minimum absolute atomic E-state index is 0.102. The molecule has 0 amide bonds. The standard InChI is InChI=1S/C26H32ClNO/c1-4-5-23-24-12-6-18-16-21(29-3)11-13-22(18)26(24)15-14-25(23,2)17-28(26)20-9-7-19(27)8-10-20/h7-11,13,16,23-24H,4-6,12,14-15,17H2,1-3H3/t23-,24-,25+,26-/m0/s1. The van der Waals surface area contributed by atoms with Crippen LogP contribution in [0.5, 0.6) is 5.75 Å². The first-order valence-electron chi connectivity index (χ1n) is 11.2. The van der Waals surface area contributed by atoms with E-state index in [1.165, 1.54) is 49.8 Å². The Bertz CT molecular complexity index is 909. The van der Waals surface area contributed by atoms with E-state index in [9.17, 15) is 0 Å². The molecule has 2 aromatic rings. The molecular formula is C26H32ClNO. The number of hydrogen-bond acceptors (Lipinski definition) is 2. The molecule has 2 bridgehead atoms. The van der Waals surface area contributed by atoms with Gasteiger partial charge in [0.05, 0.1) is 12.6 Å². The SMILES string of the molecule is CCC[C@H]1[C@@H]2CCc3cc(OC)ccc3[C@@]23CC[C@]1(C)CN3c1ccc(Cl)cc1. The molecule has 2 aliphatic heterocycles. The monoisotopic (exact) mass is 409 g/mol. The van der Waals surface area contributed by atoms with Crippen LogP contribution in [0, 0.1) is 17.3 Å². The Morgan fingerprint density at radius 2 is 1.93 bits per heavy atom. The highest BCUT2D eigenvalue weighted by molar-refractivity contribution is 6.30. The Morgan fingerprint density at radius 3 is 2.66 bits per heavy atom. The van der Waals surface area contributed by atoms with Crippen molar-refractivity contribution in [1.29, 1.82) is 0 Å². The lowest BCUT2D eigenvalue weighted by Gasteiger charge is -2.69. The Kier molecular flexibility index (Phi) is 4.62. The summed E-state index contributed by atoms with van der Waals surface area (Å²) < 4.78 is 5.56. The molecule has 29 heavy (non-hydrogen) atoms. The minimum atomic E-state index is 0.102. The van der Waals surface area contributed by atoms with E-state index < -0.39 is 0 Å². The third-order valence-corrected chi connectivity index (χ3v) is 8.57. The number of rotatable bonds is 4. The van der Waals surface area contributed by atoms with Gasteiger partial charge in [-0.25, -0.2) is 0 Å². The number of fused-ring (bicyclic) bond motifs is 3. The third-order valence-electron chi connectivity index (χ3n) is 8.31. The van der Waals surface area contributed by atoms with E-state index in [0.29, 0.717) is 11.3 Å². The third kappa shape index (κ3) is 2.75. The predicted molar refractivity (Wildman–Crippen MR) is 121 cm³/mol. The topological polar surface area (TPSA) is 12.5 Å². The van der Waals surface area contributed by atoms with Crippen LogP contribution in [0.2, 0.25) is 5.02 Å². The Balaban J connectivity index is 1.70. The number of ether oxygens (including phenoxy) is 1. The predicted octanol–water partition coefficient (Wildman–Crippen LogP) is 6.84. The van der Waals surface area contributed by atoms with Crippen molar-refractivity contribution >= 4 is 17.3 Å². The molecule has 0 N–H and O–H groups in total. The lowest BCUT2D eigenvalue weighted by Crippen LogP contribution is -2.69. The van der Waals surface area contributed by atoms with Gasteiger partial charge in [-0.3, -0.25) is 0 Å². The summed E-state index contributed by atoms with van der Waals surface area (Å²) in [6, 6.07) is 15.4. The van der Waals surface area contributed by atoms with Crippen LogP contribution in [0.1, 0.15) is 57.1 Å².